The first-order chi connectivity index (χ1) is 7.77. The number of aliphatic hydroxyl groups is 1. The van der Waals surface area contributed by atoms with Crippen molar-refractivity contribution in [3.63, 3.8) is 0 Å². The molecular weight excluding hydrogens is 206 g/mol. The fourth-order valence-electron chi connectivity index (χ4n) is 1.41. The third-order valence-electron chi connectivity index (χ3n) is 2.13. The molecule has 1 aromatic rings. The first-order valence-corrected chi connectivity index (χ1v) is 5.30. The molecule has 0 saturated heterocycles. The van der Waals surface area contributed by atoms with Crippen LogP contribution in [0.3, 0.4) is 0 Å². The smallest absolute Gasteiger partial charge is 0.123 e. The molecule has 1 unspecified atom stereocenters. The standard InChI is InChI=1S/C12H19NO3/c1-13-7-10-5-3-4-6-12(10)16-9-11(14)8-15-2/h3-6,11,13-14H,7-9H2,1-2H3. The minimum atomic E-state index is -0.590. The first kappa shape index (κ1) is 13.0. The van der Waals surface area contributed by atoms with E-state index in [4.69, 9.17) is 9.47 Å². The summed E-state index contributed by atoms with van der Waals surface area (Å²) in [6.45, 7) is 1.28. The highest BCUT2D eigenvalue weighted by molar-refractivity contribution is 5.33. The van der Waals surface area contributed by atoms with Gasteiger partial charge in [-0.05, 0) is 13.1 Å². The van der Waals surface area contributed by atoms with E-state index in [2.05, 4.69) is 5.32 Å². The Morgan fingerprint density at radius 3 is 2.75 bits per heavy atom. The van der Waals surface area contributed by atoms with Crippen molar-refractivity contribution >= 4 is 0 Å². The maximum Gasteiger partial charge on any atom is 0.123 e. The topological polar surface area (TPSA) is 50.7 Å². The van der Waals surface area contributed by atoms with E-state index in [0.717, 1.165) is 17.9 Å². The average Bonchev–Trinajstić information content (AvgIpc) is 2.29. The van der Waals surface area contributed by atoms with E-state index in [1.807, 2.05) is 31.3 Å². The van der Waals surface area contributed by atoms with Crippen LogP contribution in [0.2, 0.25) is 0 Å². The van der Waals surface area contributed by atoms with Crippen LogP contribution in [0.15, 0.2) is 24.3 Å². The van der Waals surface area contributed by atoms with Crippen LogP contribution in [0, 0.1) is 0 Å². The summed E-state index contributed by atoms with van der Waals surface area (Å²) in [5.74, 6) is 0.798. The third-order valence-corrected chi connectivity index (χ3v) is 2.13. The Hall–Kier alpha value is -1.10. The quantitative estimate of drug-likeness (QED) is 0.720. The number of rotatable bonds is 7. The van der Waals surface area contributed by atoms with Gasteiger partial charge >= 0.3 is 0 Å². The molecule has 90 valence electrons. The Kier molecular flexibility index (Phi) is 5.85. The number of ether oxygens (including phenoxy) is 2. The fraction of sp³-hybridized carbons (Fsp3) is 0.500. The number of para-hydroxylation sites is 1. The van der Waals surface area contributed by atoms with Crippen LogP contribution in [0.4, 0.5) is 0 Å². The molecule has 0 bridgehead atoms. The van der Waals surface area contributed by atoms with E-state index in [0.29, 0.717) is 0 Å². The molecule has 0 aliphatic rings. The van der Waals surface area contributed by atoms with Crippen molar-refractivity contribution in [1.82, 2.24) is 5.32 Å². The van der Waals surface area contributed by atoms with Crippen molar-refractivity contribution in [2.24, 2.45) is 0 Å². The molecular formula is C12H19NO3. The highest BCUT2D eigenvalue weighted by Gasteiger charge is 2.06. The Labute approximate surface area is 96.2 Å². The second-order valence-corrected chi connectivity index (χ2v) is 3.56. The largest absolute Gasteiger partial charge is 0.490 e. The zero-order valence-corrected chi connectivity index (χ0v) is 9.77. The fourth-order valence-corrected chi connectivity index (χ4v) is 1.41. The molecule has 0 heterocycles. The van der Waals surface area contributed by atoms with Crippen molar-refractivity contribution < 1.29 is 14.6 Å². The lowest BCUT2D eigenvalue weighted by Crippen LogP contribution is -2.23. The van der Waals surface area contributed by atoms with Crippen molar-refractivity contribution in [3.8, 4) is 5.75 Å². The Morgan fingerprint density at radius 2 is 2.06 bits per heavy atom. The SMILES string of the molecule is CNCc1ccccc1OCC(O)COC. The lowest BCUT2D eigenvalue weighted by molar-refractivity contribution is 0.0323. The molecule has 16 heavy (non-hydrogen) atoms. The number of nitrogens with one attached hydrogen (secondary N) is 1. The van der Waals surface area contributed by atoms with Crippen LogP contribution >= 0.6 is 0 Å². The van der Waals surface area contributed by atoms with Gasteiger partial charge in [-0.25, -0.2) is 0 Å². The summed E-state index contributed by atoms with van der Waals surface area (Å²) in [5, 5.41) is 12.5. The molecule has 1 aromatic carbocycles. The van der Waals surface area contributed by atoms with E-state index < -0.39 is 6.10 Å². The molecule has 1 atom stereocenters. The van der Waals surface area contributed by atoms with Crippen LogP contribution in [0.25, 0.3) is 0 Å². The van der Waals surface area contributed by atoms with Gasteiger partial charge in [-0.15, -0.1) is 0 Å². The molecule has 4 nitrogen and oxygen atoms in total. The van der Waals surface area contributed by atoms with Crippen molar-refractivity contribution in [2.45, 2.75) is 12.6 Å². The molecule has 2 N–H and O–H groups in total. The van der Waals surface area contributed by atoms with Crippen LogP contribution < -0.4 is 10.1 Å². The second kappa shape index (κ2) is 7.22. The van der Waals surface area contributed by atoms with Gasteiger partial charge in [0, 0.05) is 19.2 Å². The Morgan fingerprint density at radius 1 is 1.31 bits per heavy atom. The van der Waals surface area contributed by atoms with E-state index in [-0.39, 0.29) is 13.2 Å². The zero-order chi connectivity index (χ0) is 11.8. The Balaban J connectivity index is 2.52. The third kappa shape index (κ3) is 4.18. The monoisotopic (exact) mass is 225 g/mol. The minimum absolute atomic E-state index is 0.245. The molecule has 1 rings (SSSR count). The molecule has 0 aromatic heterocycles. The summed E-state index contributed by atoms with van der Waals surface area (Å²) >= 11 is 0. The summed E-state index contributed by atoms with van der Waals surface area (Å²) in [6.07, 6.45) is -0.590. The molecule has 0 radical (unpaired) electrons. The van der Waals surface area contributed by atoms with Crippen molar-refractivity contribution in [1.29, 1.82) is 0 Å². The molecule has 0 spiro atoms. The van der Waals surface area contributed by atoms with Crippen LogP contribution in [-0.2, 0) is 11.3 Å². The van der Waals surface area contributed by atoms with E-state index in [1.54, 1.807) is 7.11 Å². The van der Waals surface area contributed by atoms with Gasteiger partial charge < -0.3 is 19.9 Å². The predicted octanol–water partition coefficient (Wildman–Crippen LogP) is 0.792. The van der Waals surface area contributed by atoms with Crippen molar-refractivity contribution in [2.75, 3.05) is 27.4 Å². The molecule has 0 saturated carbocycles. The van der Waals surface area contributed by atoms with Gasteiger partial charge in [0.25, 0.3) is 0 Å². The molecule has 0 aliphatic carbocycles. The number of methoxy groups -OCH3 is 1. The summed E-state index contributed by atoms with van der Waals surface area (Å²) < 4.78 is 10.4. The number of hydrogen-bond acceptors (Lipinski definition) is 4. The lowest BCUT2D eigenvalue weighted by Gasteiger charge is -2.14. The maximum atomic E-state index is 9.47. The molecule has 4 heteroatoms. The van der Waals surface area contributed by atoms with Gasteiger partial charge in [-0.1, -0.05) is 18.2 Å². The molecule has 0 aliphatic heterocycles. The van der Waals surface area contributed by atoms with Gasteiger partial charge in [-0.3, -0.25) is 0 Å². The number of hydrogen-bond donors (Lipinski definition) is 2. The van der Waals surface area contributed by atoms with Gasteiger partial charge in [0.2, 0.25) is 0 Å². The predicted molar refractivity (Wildman–Crippen MR) is 62.6 cm³/mol. The van der Waals surface area contributed by atoms with Crippen molar-refractivity contribution in [3.05, 3.63) is 29.8 Å². The van der Waals surface area contributed by atoms with Gasteiger partial charge in [-0.2, -0.15) is 0 Å². The van der Waals surface area contributed by atoms with Crippen LogP contribution in [0.5, 0.6) is 5.75 Å². The maximum absolute atomic E-state index is 9.47. The van der Waals surface area contributed by atoms with Crippen LogP contribution in [0.1, 0.15) is 5.56 Å². The van der Waals surface area contributed by atoms with Crippen LogP contribution in [-0.4, -0.2) is 38.6 Å². The van der Waals surface area contributed by atoms with Gasteiger partial charge in [0.1, 0.15) is 18.5 Å². The molecule has 0 amide bonds. The second-order valence-electron chi connectivity index (χ2n) is 3.56. The lowest BCUT2D eigenvalue weighted by atomic mass is 10.2. The van der Waals surface area contributed by atoms with E-state index >= 15 is 0 Å². The normalized spacial score (nSPS) is 12.4. The zero-order valence-electron chi connectivity index (χ0n) is 9.77. The van der Waals surface area contributed by atoms with E-state index in [9.17, 15) is 5.11 Å². The summed E-state index contributed by atoms with van der Waals surface area (Å²) in [6, 6.07) is 7.77. The summed E-state index contributed by atoms with van der Waals surface area (Å²) in [7, 11) is 3.44. The highest BCUT2D eigenvalue weighted by atomic mass is 16.5. The molecule has 0 fully saturated rings. The highest BCUT2D eigenvalue weighted by Crippen LogP contribution is 2.17. The number of benzene rings is 1. The van der Waals surface area contributed by atoms with E-state index in [1.165, 1.54) is 0 Å². The minimum Gasteiger partial charge on any atom is -0.490 e. The average molecular weight is 225 g/mol. The first-order valence-electron chi connectivity index (χ1n) is 5.30. The van der Waals surface area contributed by atoms with Gasteiger partial charge in [0.15, 0.2) is 0 Å². The summed E-state index contributed by atoms with van der Waals surface area (Å²) in [4.78, 5) is 0. The number of aliphatic hydroxyl groups excluding tert-OH is 1. The Bertz CT molecular complexity index is 304. The summed E-state index contributed by atoms with van der Waals surface area (Å²) in [5.41, 5.74) is 1.08. The van der Waals surface area contributed by atoms with Gasteiger partial charge in [0.05, 0.1) is 6.61 Å².